The van der Waals surface area contributed by atoms with Crippen molar-refractivity contribution in [1.82, 2.24) is 24.5 Å². The molecule has 2 fully saturated rings. The van der Waals surface area contributed by atoms with Gasteiger partial charge in [0, 0.05) is 37.3 Å². The van der Waals surface area contributed by atoms with Crippen LogP contribution in [0.2, 0.25) is 0 Å². The third kappa shape index (κ3) is 4.62. The molecular weight excluding hydrogens is 492 g/mol. The summed E-state index contributed by atoms with van der Waals surface area (Å²) in [5.41, 5.74) is 13.6. The van der Waals surface area contributed by atoms with Gasteiger partial charge in [-0.2, -0.15) is 10.2 Å². The number of primary amides is 1. The zero-order chi connectivity index (χ0) is 27.2. The van der Waals surface area contributed by atoms with Crippen molar-refractivity contribution < 1.29 is 18.4 Å². The molecule has 3 heterocycles. The molecule has 2 aromatic heterocycles. The van der Waals surface area contributed by atoms with E-state index in [0.717, 1.165) is 26.2 Å². The molecule has 4 N–H and O–H groups in total. The Morgan fingerprint density at radius 3 is 2.74 bits per heavy atom. The highest BCUT2D eigenvalue weighted by Crippen LogP contribution is 2.54. The Morgan fingerprint density at radius 2 is 2.05 bits per heavy atom. The van der Waals surface area contributed by atoms with Crippen LogP contribution in [0.1, 0.15) is 60.6 Å². The van der Waals surface area contributed by atoms with Crippen molar-refractivity contribution in [3.8, 4) is 23.1 Å². The fourth-order valence-corrected chi connectivity index (χ4v) is 5.61. The molecule has 0 bridgehead atoms. The highest BCUT2D eigenvalue weighted by molar-refractivity contribution is 6.03. The first-order valence-electron chi connectivity index (χ1n) is 12.4. The number of halogens is 2. The minimum absolute atomic E-state index is 0.00406. The van der Waals surface area contributed by atoms with Crippen LogP contribution in [0, 0.1) is 17.3 Å². The van der Waals surface area contributed by atoms with Gasteiger partial charge in [-0.25, -0.2) is 13.5 Å². The minimum Gasteiger partial charge on any atom is -0.383 e. The van der Waals surface area contributed by atoms with Crippen LogP contribution in [0.3, 0.4) is 0 Å². The van der Waals surface area contributed by atoms with Gasteiger partial charge < -0.3 is 16.4 Å². The lowest BCUT2D eigenvalue weighted by atomic mass is 9.65. The number of benzene rings is 1. The van der Waals surface area contributed by atoms with Gasteiger partial charge in [-0.3, -0.25) is 14.3 Å². The number of anilines is 1. The van der Waals surface area contributed by atoms with E-state index >= 15 is 0 Å². The van der Waals surface area contributed by atoms with Crippen LogP contribution in [0.25, 0.3) is 11.3 Å². The fraction of sp³-hybridized carbons (Fsp3) is 0.407. The van der Waals surface area contributed by atoms with Crippen LogP contribution < -0.4 is 11.5 Å². The quantitative estimate of drug-likeness (QED) is 0.482. The molecule has 198 valence electrons. The molecule has 1 aliphatic carbocycles. The number of hydrogen-bond acceptors (Lipinski definition) is 5. The Bertz CT molecular complexity index is 1470. The zero-order valence-electron chi connectivity index (χ0n) is 21.2. The first-order valence-corrected chi connectivity index (χ1v) is 12.4. The molecule has 0 unspecified atom stereocenters. The van der Waals surface area contributed by atoms with Crippen LogP contribution in [0.4, 0.5) is 14.6 Å². The van der Waals surface area contributed by atoms with Gasteiger partial charge in [0.25, 0.3) is 17.7 Å². The average molecular weight is 522 g/mol. The summed E-state index contributed by atoms with van der Waals surface area (Å²) >= 11 is 0. The number of hydrogen-bond donors (Lipinski definition) is 2. The number of carbonyl (C=O) groups is 2. The van der Waals surface area contributed by atoms with E-state index in [1.54, 1.807) is 45.7 Å². The molecule has 9 nitrogen and oxygen atoms in total. The Balaban J connectivity index is 1.35. The van der Waals surface area contributed by atoms with Crippen molar-refractivity contribution >= 4 is 17.6 Å². The molecule has 0 atom stereocenters. The van der Waals surface area contributed by atoms with Crippen molar-refractivity contribution in [2.45, 2.75) is 51.6 Å². The third-order valence-electron chi connectivity index (χ3n) is 7.52. The first kappa shape index (κ1) is 25.4. The number of rotatable bonds is 6. The van der Waals surface area contributed by atoms with E-state index in [-0.39, 0.29) is 40.9 Å². The summed E-state index contributed by atoms with van der Waals surface area (Å²) in [6, 6.07) is 6.14. The maximum atomic E-state index is 13.7. The number of carbonyl (C=O) groups excluding carboxylic acids is 2. The van der Waals surface area contributed by atoms with E-state index in [9.17, 15) is 18.4 Å². The van der Waals surface area contributed by atoms with Crippen molar-refractivity contribution in [2.75, 3.05) is 18.8 Å². The highest BCUT2D eigenvalue weighted by atomic mass is 19.3. The minimum atomic E-state index is -2.94. The average Bonchev–Trinajstić information content (AvgIpc) is 3.55. The molecule has 5 rings (SSSR count). The molecule has 2 amide bonds. The molecule has 3 aromatic rings. The van der Waals surface area contributed by atoms with E-state index < -0.39 is 11.8 Å². The lowest BCUT2D eigenvalue weighted by Gasteiger charge is -2.45. The van der Waals surface area contributed by atoms with Gasteiger partial charge in [-0.05, 0) is 49.2 Å². The van der Waals surface area contributed by atoms with E-state index in [2.05, 4.69) is 22.0 Å². The second-order valence-electron chi connectivity index (χ2n) is 10.3. The number of nitrogen functional groups attached to an aromatic ring is 1. The van der Waals surface area contributed by atoms with Gasteiger partial charge in [-0.15, -0.1) is 0 Å². The number of alkyl halides is 2. The topological polar surface area (TPSA) is 125 Å². The molecule has 11 heteroatoms. The number of amides is 2. The van der Waals surface area contributed by atoms with Crippen LogP contribution in [0.15, 0.2) is 36.7 Å². The summed E-state index contributed by atoms with van der Waals surface area (Å²) in [5, 5.41) is 9.00. The van der Waals surface area contributed by atoms with E-state index in [1.165, 1.54) is 12.1 Å². The Morgan fingerprint density at radius 1 is 1.29 bits per heavy atom. The van der Waals surface area contributed by atoms with E-state index in [0.29, 0.717) is 29.9 Å². The van der Waals surface area contributed by atoms with Crippen LogP contribution in [-0.2, 0) is 17.3 Å². The fourth-order valence-electron chi connectivity index (χ4n) is 5.61. The van der Waals surface area contributed by atoms with Crippen molar-refractivity contribution in [3.63, 3.8) is 0 Å². The molecule has 1 saturated carbocycles. The lowest BCUT2D eigenvalue weighted by Crippen LogP contribution is -2.42. The number of nitrogens with zero attached hydrogens (tertiary/aromatic N) is 5. The Kier molecular flexibility index (Phi) is 6.21. The second-order valence-corrected chi connectivity index (χ2v) is 10.3. The van der Waals surface area contributed by atoms with Crippen molar-refractivity contribution in [3.05, 3.63) is 53.3 Å². The molecule has 1 spiro atoms. The van der Waals surface area contributed by atoms with Gasteiger partial charge in [0.15, 0.2) is 0 Å². The van der Waals surface area contributed by atoms with E-state index in [4.69, 9.17) is 11.5 Å². The van der Waals surface area contributed by atoms with Gasteiger partial charge in [-0.1, -0.05) is 24.1 Å². The summed E-state index contributed by atoms with van der Waals surface area (Å²) in [5.74, 6) is 1.66. The number of nitrogens with two attached hydrogens (primary N) is 2. The maximum absolute atomic E-state index is 13.7. The van der Waals surface area contributed by atoms with E-state index in [1.807, 2.05) is 0 Å². The summed E-state index contributed by atoms with van der Waals surface area (Å²) in [6.07, 6.45) is 5.67. The lowest BCUT2D eigenvalue weighted by molar-refractivity contribution is -0.125. The van der Waals surface area contributed by atoms with Gasteiger partial charge >= 0.3 is 0 Å². The highest BCUT2D eigenvalue weighted by Gasteiger charge is 2.51. The summed E-state index contributed by atoms with van der Waals surface area (Å²) in [4.78, 5) is 26.3. The third-order valence-corrected chi connectivity index (χ3v) is 7.52. The SMILES string of the molecule is CC#CC(=O)N1CCC2(CC(n3nc(-c4cnn(Cc5cccc(C(C)(F)F)c5)c4)c(C(N)=O)c3N)C2)C1. The molecule has 1 saturated heterocycles. The van der Waals surface area contributed by atoms with Gasteiger partial charge in [0.05, 0.1) is 18.8 Å². The molecule has 1 aromatic carbocycles. The van der Waals surface area contributed by atoms with Crippen LogP contribution in [0.5, 0.6) is 0 Å². The van der Waals surface area contributed by atoms with Crippen molar-refractivity contribution in [2.24, 2.45) is 11.1 Å². The van der Waals surface area contributed by atoms with Crippen LogP contribution >= 0.6 is 0 Å². The second kappa shape index (κ2) is 9.28. The van der Waals surface area contributed by atoms with Crippen LogP contribution in [-0.4, -0.2) is 49.4 Å². The maximum Gasteiger partial charge on any atom is 0.298 e. The first-order chi connectivity index (χ1) is 18.0. The molecule has 38 heavy (non-hydrogen) atoms. The Labute approximate surface area is 218 Å². The zero-order valence-corrected chi connectivity index (χ0v) is 21.2. The predicted octanol–water partition coefficient (Wildman–Crippen LogP) is 3.16. The number of likely N-dealkylation sites (tertiary alicyclic amines) is 1. The largest absolute Gasteiger partial charge is 0.383 e. The Hall–Kier alpha value is -4.20. The molecule has 1 aliphatic heterocycles. The smallest absolute Gasteiger partial charge is 0.298 e. The predicted molar refractivity (Wildman–Crippen MR) is 137 cm³/mol. The monoisotopic (exact) mass is 521 g/mol. The summed E-state index contributed by atoms with van der Waals surface area (Å²) in [7, 11) is 0. The van der Waals surface area contributed by atoms with Gasteiger partial charge in [0.2, 0.25) is 0 Å². The molecule has 2 aliphatic rings. The normalized spacial score (nSPS) is 20.7. The summed E-state index contributed by atoms with van der Waals surface area (Å²) in [6.45, 7) is 4.08. The van der Waals surface area contributed by atoms with Crippen molar-refractivity contribution in [1.29, 1.82) is 0 Å². The van der Waals surface area contributed by atoms with Gasteiger partial charge in [0.1, 0.15) is 17.1 Å². The number of aromatic nitrogens is 4. The molecule has 0 radical (unpaired) electrons. The summed E-state index contributed by atoms with van der Waals surface area (Å²) < 4.78 is 30.7. The molecular formula is C27H29F2N7O2. The standard InChI is InChI=1S/C27H29F2N7O2/c1-3-5-21(37)34-9-8-27(16-34)11-20(12-27)36-24(30)22(25(31)38)23(33-36)18-13-32-35(15-18)14-17-6-4-7-19(10-17)26(2,28)29/h4,6-7,10,13,15,20H,8-9,11-12,14,16,30H2,1-2H3,(H2,31,38).